The van der Waals surface area contributed by atoms with E-state index < -0.39 is 0 Å². The molecule has 1 heterocycles. The number of benzene rings is 4. The number of aromatic nitrogens is 1. The van der Waals surface area contributed by atoms with E-state index in [0.717, 1.165) is 11.1 Å². The summed E-state index contributed by atoms with van der Waals surface area (Å²) in [5.41, 5.74) is 3.46. The number of ketones is 2. The minimum Gasteiger partial charge on any atom is -0.432 e. The zero-order chi connectivity index (χ0) is 24.0. The number of carbonyl (C=O) groups excluding carboxylic acids is 2. The fourth-order valence-electron chi connectivity index (χ4n) is 3.78. The van der Waals surface area contributed by atoms with Crippen molar-refractivity contribution in [3.63, 3.8) is 0 Å². The van der Waals surface area contributed by atoms with E-state index in [9.17, 15) is 9.59 Å². The molecule has 0 aliphatic carbocycles. The zero-order valence-corrected chi connectivity index (χ0v) is 18.8. The largest absolute Gasteiger partial charge is 0.432 e. The lowest BCUT2D eigenvalue weighted by Gasteiger charge is -2.02. The Morgan fingerprint density at radius 2 is 1.14 bits per heavy atom. The van der Waals surface area contributed by atoms with Gasteiger partial charge in [-0.25, -0.2) is 4.98 Å². The molecule has 35 heavy (non-hydrogen) atoms. The number of hydrogen-bond donors (Lipinski definition) is 0. The van der Waals surface area contributed by atoms with Crippen LogP contribution in [0.15, 0.2) is 120 Å². The lowest BCUT2D eigenvalue weighted by Crippen LogP contribution is -2.10. The molecule has 0 atom stereocenters. The van der Waals surface area contributed by atoms with Gasteiger partial charge in [-0.1, -0.05) is 121 Å². The highest BCUT2D eigenvalue weighted by molar-refractivity contribution is 6.17. The van der Waals surface area contributed by atoms with Crippen molar-refractivity contribution in [2.24, 2.45) is 0 Å². The molecular formula is C31H21NO3. The normalized spacial score (nSPS) is 11.0. The van der Waals surface area contributed by atoms with Crippen LogP contribution in [0.2, 0.25) is 0 Å². The average Bonchev–Trinajstić information content (AvgIpc) is 3.38. The molecule has 0 amide bonds. The quantitative estimate of drug-likeness (QED) is 0.196. The van der Waals surface area contributed by atoms with Crippen molar-refractivity contribution >= 4 is 23.7 Å². The van der Waals surface area contributed by atoms with Crippen molar-refractivity contribution in [1.29, 1.82) is 0 Å². The number of rotatable bonds is 7. The van der Waals surface area contributed by atoms with Crippen LogP contribution in [0, 0.1) is 0 Å². The number of oxazole rings is 1. The monoisotopic (exact) mass is 455 g/mol. The second-order valence-corrected chi connectivity index (χ2v) is 7.92. The minimum absolute atomic E-state index is 0.00175. The molecule has 1 aromatic heterocycles. The van der Waals surface area contributed by atoms with Crippen molar-refractivity contribution in [3.8, 4) is 11.5 Å². The van der Waals surface area contributed by atoms with Gasteiger partial charge < -0.3 is 4.42 Å². The molecule has 0 radical (unpaired) electrons. The molecule has 0 N–H and O–H groups in total. The van der Waals surface area contributed by atoms with Gasteiger partial charge in [0.1, 0.15) is 0 Å². The van der Waals surface area contributed by atoms with Crippen molar-refractivity contribution < 1.29 is 14.0 Å². The van der Waals surface area contributed by atoms with E-state index in [4.69, 9.17) is 4.42 Å². The first-order valence-electron chi connectivity index (χ1n) is 11.2. The Labute approximate surface area is 203 Å². The molecule has 0 aliphatic heterocycles. The molecule has 0 fully saturated rings. The molecule has 4 heteroatoms. The van der Waals surface area contributed by atoms with E-state index in [1.165, 1.54) is 0 Å². The highest BCUT2D eigenvalue weighted by Gasteiger charge is 2.28. The molecule has 5 aromatic rings. The summed E-state index contributed by atoms with van der Waals surface area (Å²) < 4.78 is 6.04. The summed E-state index contributed by atoms with van der Waals surface area (Å²) in [6, 6.07) is 35.1. The summed E-state index contributed by atoms with van der Waals surface area (Å²) >= 11 is 0. The van der Waals surface area contributed by atoms with E-state index in [2.05, 4.69) is 4.98 Å². The molecule has 0 saturated carbocycles. The predicted molar refractivity (Wildman–Crippen MR) is 137 cm³/mol. The second kappa shape index (κ2) is 9.98. The predicted octanol–water partition coefficient (Wildman–Crippen LogP) is 6.97. The molecule has 0 bridgehead atoms. The Bertz CT molecular complexity index is 1430. The fraction of sp³-hybridized carbons (Fsp3) is 0. The Morgan fingerprint density at radius 1 is 0.600 bits per heavy atom. The van der Waals surface area contributed by atoms with Crippen LogP contribution in [0.1, 0.15) is 43.3 Å². The molecule has 0 spiro atoms. The molecular weight excluding hydrogens is 434 g/mol. The maximum absolute atomic E-state index is 13.4. The molecule has 0 saturated heterocycles. The Kier molecular flexibility index (Phi) is 6.27. The minimum atomic E-state index is -0.388. The van der Waals surface area contributed by atoms with Crippen LogP contribution >= 0.6 is 0 Å². The average molecular weight is 456 g/mol. The van der Waals surface area contributed by atoms with E-state index >= 15 is 0 Å². The van der Waals surface area contributed by atoms with Gasteiger partial charge in [0.15, 0.2) is 5.69 Å². The van der Waals surface area contributed by atoms with Gasteiger partial charge in [-0.15, -0.1) is 0 Å². The third-order valence-corrected chi connectivity index (χ3v) is 5.57. The Hall–Kier alpha value is -4.83. The highest BCUT2D eigenvalue weighted by Crippen LogP contribution is 2.29. The number of hydrogen-bond acceptors (Lipinski definition) is 4. The highest BCUT2D eigenvalue weighted by atomic mass is 16.4. The van der Waals surface area contributed by atoms with Gasteiger partial charge in [0, 0.05) is 16.7 Å². The Morgan fingerprint density at radius 3 is 1.80 bits per heavy atom. The van der Waals surface area contributed by atoms with E-state index in [0.29, 0.717) is 16.7 Å². The maximum Gasteiger partial charge on any atom is 0.230 e. The van der Waals surface area contributed by atoms with Crippen LogP contribution < -0.4 is 0 Å². The summed E-state index contributed by atoms with van der Waals surface area (Å²) in [5.74, 6) is -0.600. The SMILES string of the molecule is O=C(c1ccccc1)c1nc(-c2ccccc2C=Cc2ccccc2)oc1C(=O)c1ccccc1. The van der Waals surface area contributed by atoms with Crippen LogP contribution in [-0.4, -0.2) is 16.6 Å². The van der Waals surface area contributed by atoms with Gasteiger partial charge in [-0.3, -0.25) is 9.59 Å². The molecule has 0 unspecified atom stereocenters. The number of carbonyl (C=O) groups is 2. The van der Waals surface area contributed by atoms with Crippen molar-refractivity contribution in [1.82, 2.24) is 4.98 Å². The van der Waals surface area contributed by atoms with Gasteiger partial charge in [-0.05, 0) is 17.2 Å². The molecule has 0 aliphatic rings. The lowest BCUT2D eigenvalue weighted by molar-refractivity contribution is 0.0983. The van der Waals surface area contributed by atoms with E-state index in [-0.39, 0.29) is 28.9 Å². The molecule has 4 nitrogen and oxygen atoms in total. The van der Waals surface area contributed by atoms with E-state index in [1.54, 1.807) is 48.5 Å². The van der Waals surface area contributed by atoms with Crippen molar-refractivity contribution in [3.05, 3.63) is 149 Å². The lowest BCUT2D eigenvalue weighted by atomic mass is 10.0. The maximum atomic E-state index is 13.4. The van der Waals surface area contributed by atoms with Crippen molar-refractivity contribution in [2.75, 3.05) is 0 Å². The Balaban J connectivity index is 1.61. The third kappa shape index (κ3) is 4.77. The van der Waals surface area contributed by atoms with Gasteiger partial charge in [0.05, 0.1) is 0 Å². The van der Waals surface area contributed by atoms with Crippen LogP contribution in [-0.2, 0) is 0 Å². The van der Waals surface area contributed by atoms with Crippen LogP contribution in [0.5, 0.6) is 0 Å². The second-order valence-electron chi connectivity index (χ2n) is 7.92. The summed E-state index contributed by atoms with van der Waals surface area (Å²) in [6.45, 7) is 0. The van der Waals surface area contributed by atoms with Gasteiger partial charge in [0.25, 0.3) is 0 Å². The van der Waals surface area contributed by atoms with Crippen LogP contribution in [0.25, 0.3) is 23.6 Å². The fourth-order valence-corrected chi connectivity index (χ4v) is 3.78. The van der Waals surface area contributed by atoms with Gasteiger partial charge >= 0.3 is 0 Å². The molecule has 4 aromatic carbocycles. The summed E-state index contributed by atoms with van der Waals surface area (Å²) in [4.78, 5) is 31.2. The van der Waals surface area contributed by atoms with Crippen LogP contribution in [0.3, 0.4) is 0 Å². The van der Waals surface area contributed by atoms with Gasteiger partial charge in [0.2, 0.25) is 23.2 Å². The summed E-state index contributed by atoms with van der Waals surface area (Å²) in [5, 5.41) is 0. The summed E-state index contributed by atoms with van der Waals surface area (Å²) in [7, 11) is 0. The number of nitrogens with zero attached hydrogens (tertiary/aromatic N) is 1. The van der Waals surface area contributed by atoms with Crippen LogP contribution in [0.4, 0.5) is 0 Å². The van der Waals surface area contributed by atoms with E-state index in [1.807, 2.05) is 78.9 Å². The zero-order valence-electron chi connectivity index (χ0n) is 18.8. The first-order chi connectivity index (χ1) is 17.2. The summed E-state index contributed by atoms with van der Waals surface area (Å²) in [6.07, 6.45) is 3.96. The first-order valence-corrected chi connectivity index (χ1v) is 11.2. The smallest absolute Gasteiger partial charge is 0.230 e. The molecule has 168 valence electrons. The molecule has 5 rings (SSSR count). The standard InChI is InChI=1S/C31H21NO3/c33-28(24-15-6-2-7-16-24)27-30(29(34)25-17-8-3-9-18-25)35-31(32-27)26-19-11-10-14-23(26)21-20-22-12-4-1-5-13-22/h1-21H. The van der Waals surface area contributed by atoms with Gasteiger partial charge in [-0.2, -0.15) is 0 Å². The van der Waals surface area contributed by atoms with Crippen molar-refractivity contribution in [2.45, 2.75) is 0 Å². The topological polar surface area (TPSA) is 60.2 Å². The first kappa shape index (κ1) is 22.0. The third-order valence-electron chi connectivity index (χ3n) is 5.57.